The number of likely N-dealkylation sites (tertiary alicyclic amines) is 1. The number of hydrogen-bond donors (Lipinski definition) is 0. The Kier molecular flexibility index (Phi) is 3.86. The predicted molar refractivity (Wildman–Crippen MR) is 82.9 cm³/mol. The third-order valence-electron chi connectivity index (χ3n) is 3.91. The lowest BCUT2D eigenvalue weighted by Crippen LogP contribution is -2.33. The SMILES string of the molecule is O=C(c1ccccn1)N1CC(F)(F)C[C@H]1c1nc(-c2ncccn2)no1. The second-order valence-electron chi connectivity index (χ2n) is 5.75. The third kappa shape index (κ3) is 3.01. The number of carbonyl (C=O) groups excluding carboxylic acids is 1. The Balaban J connectivity index is 1.66. The molecule has 1 aliphatic heterocycles. The van der Waals surface area contributed by atoms with Gasteiger partial charge in [0, 0.05) is 25.0 Å². The average molecular weight is 358 g/mol. The molecule has 1 aliphatic rings. The van der Waals surface area contributed by atoms with E-state index in [1.54, 1.807) is 18.2 Å². The number of nitrogens with zero attached hydrogens (tertiary/aromatic N) is 6. The minimum atomic E-state index is -3.06. The molecule has 0 saturated carbocycles. The minimum Gasteiger partial charge on any atom is -0.337 e. The van der Waals surface area contributed by atoms with E-state index >= 15 is 0 Å². The van der Waals surface area contributed by atoms with E-state index in [0.29, 0.717) is 0 Å². The molecule has 3 aromatic rings. The van der Waals surface area contributed by atoms with Gasteiger partial charge in [0.05, 0.1) is 6.54 Å². The van der Waals surface area contributed by atoms with Gasteiger partial charge in [0.25, 0.3) is 11.8 Å². The quantitative estimate of drug-likeness (QED) is 0.707. The van der Waals surface area contributed by atoms with E-state index in [-0.39, 0.29) is 23.2 Å². The Labute approximate surface area is 145 Å². The fourth-order valence-corrected chi connectivity index (χ4v) is 2.76. The highest BCUT2D eigenvalue weighted by molar-refractivity contribution is 5.92. The second-order valence-corrected chi connectivity index (χ2v) is 5.75. The van der Waals surface area contributed by atoms with Gasteiger partial charge >= 0.3 is 0 Å². The van der Waals surface area contributed by atoms with Crippen LogP contribution in [0.5, 0.6) is 0 Å². The van der Waals surface area contributed by atoms with Crippen molar-refractivity contribution in [3.8, 4) is 11.6 Å². The van der Waals surface area contributed by atoms with Gasteiger partial charge in [-0.15, -0.1) is 0 Å². The molecule has 0 aliphatic carbocycles. The lowest BCUT2D eigenvalue weighted by atomic mass is 10.2. The molecule has 10 heteroatoms. The van der Waals surface area contributed by atoms with E-state index in [1.807, 2.05) is 0 Å². The number of aromatic nitrogens is 5. The predicted octanol–water partition coefficient (Wildman–Crippen LogP) is 2.14. The third-order valence-corrected chi connectivity index (χ3v) is 3.91. The maximum absolute atomic E-state index is 14.0. The zero-order valence-corrected chi connectivity index (χ0v) is 13.3. The van der Waals surface area contributed by atoms with Crippen LogP contribution in [0, 0.1) is 0 Å². The van der Waals surface area contributed by atoms with Crippen LogP contribution in [0.15, 0.2) is 47.4 Å². The molecule has 3 aromatic heterocycles. The zero-order valence-electron chi connectivity index (χ0n) is 13.3. The van der Waals surface area contributed by atoms with Crippen LogP contribution in [0.1, 0.15) is 28.8 Å². The summed E-state index contributed by atoms with van der Waals surface area (Å²) in [7, 11) is 0. The fourth-order valence-electron chi connectivity index (χ4n) is 2.76. The van der Waals surface area contributed by atoms with Crippen molar-refractivity contribution in [2.24, 2.45) is 0 Å². The van der Waals surface area contributed by atoms with Crippen LogP contribution in [-0.2, 0) is 0 Å². The van der Waals surface area contributed by atoms with Gasteiger partial charge in [-0.1, -0.05) is 11.2 Å². The summed E-state index contributed by atoms with van der Waals surface area (Å²) in [4.78, 5) is 29.6. The maximum atomic E-state index is 14.0. The first-order chi connectivity index (χ1) is 12.5. The Morgan fingerprint density at radius 3 is 2.62 bits per heavy atom. The number of pyridine rings is 1. The minimum absolute atomic E-state index is 0.0704. The Hall–Kier alpha value is -3.30. The smallest absolute Gasteiger partial charge is 0.273 e. The molecule has 1 saturated heterocycles. The van der Waals surface area contributed by atoms with Crippen LogP contribution in [0.2, 0.25) is 0 Å². The summed E-state index contributed by atoms with van der Waals surface area (Å²) in [6.45, 7) is -0.743. The molecule has 1 atom stereocenters. The topological polar surface area (TPSA) is 97.9 Å². The lowest BCUT2D eigenvalue weighted by molar-refractivity contribution is 0.0116. The summed E-state index contributed by atoms with van der Waals surface area (Å²) in [6.07, 6.45) is 3.81. The highest BCUT2D eigenvalue weighted by Gasteiger charge is 2.50. The van der Waals surface area contributed by atoms with E-state index in [4.69, 9.17) is 4.52 Å². The van der Waals surface area contributed by atoms with Crippen LogP contribution in [0.25, 0.3) is 11.6 Å². The monoisotopic (exact) mass is 358 g/mol. The molecule has 4 heterocycles. The van der Waals surface area contributed by atoms with E-state index in [0.717, 1.165) is 4.90 Å². The lowest BCUT2D eigenvalue weighted by Gasteiger charge is -2.20. The summed E-state index contributed by atoms with van der Waals surface area (Å²) < 4.78 is 33.1. The number of carbonyl (C=O) groups is 1. The molecule has 132 valence electrons. The normalized spacial score (nSPS) is 18.8. The van der Waals surface area contributed by atoms with Crippen molar-refractivity contribution < 1.29 is 18.1 Å². The van der Waals surface area contributed by atoms with Gasteiger partial charge in [-0.2, -0.15) is 4.98 Å². The van der Waals surface area contributed by atoms with Crippen LogP contribution in [-0.4, -0.2) is 48.4 Å². The second kappa shape index (κ2) is 6.21. The zero-order chi connectivity index (χ0) is 18.1. The molecule has 0 aromatic carbocycles. The molecule has 0 bridgehead atoms. The molecular formula is C16H12F2N6O2. The van der Waals surface area contributed by atoms with Crippen molar-refractivity contribution in [2.75, 3.05) is 6.54 Å². The molecule has 26 heavy (non-hydrogen) atoms. The molecule has 4 rings (SSSR count). The number of alkyl halides is 2. The first-order valence-electron chi connectivity index (χ1n) is 7.74. The summed E-state index contributed by atoms with van der Waals surface area (Å²) in [5.41, 5.74) is 0.0707. The number of hydrogen-bond acceptors (Lipinski definition) is 7. The fraction of sp³-hybridized carbons (Fsp3) is 0.250. The number of rotatable bonds is 3. The van der Waals surface area contributed by atoms with Gasteiger partial charge in [0.1, 0.15) is 11.7 Å². The average Bonchev–Trinajstić information content (AvgIpc) is 3.27. The number of halogens is 2. The Morgan fingerprint density at radius 2 is 1.88 bits per heavy atom. The highest BCUT2D eigenvalue weighted by atomic mass is 19.3. The summed E-state index contributed by atoms with van der Waals surface area (Å²) >= 11 is 0. The van der Waals surface area contributed by atoms with Gasteiger partial charge in [0.15, 0.2) is 0 Å². The van der Waals surface area contributed by atoms with Crippen LogP contribution < -0.4 is 0 Å². The summed E-state index contributed by atoms with van der Waals surface area (Å²) in [5.74, 6) is -3.50. The van der Waals surface area contributed by atoms with Crippen LogP contribution in [0.4, 0.5) is 8.78 Å². The molecular weight excluding hydrogens is 346 g/mol. The molecule has 0 unspecified atom stereocenters. The van der Waals surface area contributed by atoms with Crippen molar-refractivity contribution in [3.63, 3.8) is 0 Å². The maximum Gasteiger partial charge on any atom is 0.273 e. The molecule has 0 spiro atoms. The Morgan fingerprint density at radius 1 is 1.12 bits per heavy atom. The Bertz CT molecular complexity index is 919. The van der Waals surface area contributed by atoms with Crippen LogP contribution in [0.3, 0.4) is 0 Å². The van der Waals surface area contributed by atoms with E-state index in [9.17, 15) is 13.6 Å². The first kappa shape index (κ1) is 16.2. The van der Waals surface area contributed by atoms with Crippen molar-refractivity contribution in [1.82, 2.24) is 30.0 Å². The molecule has 1 amide bonds. The van der Waals surface area contributed by atoms with Crippen molar-refractivity contribution in [2.45, 2.75) is 18.4 Å². The van der Waals surface area contributed by atoms with Gasteiger partial charge < -0.3 is 9.42 Å². The van der Waals surface area contributed by atoms with Gasteiger partial charge in [-0.25, -0.2) is 18.7 Å². The largest absolute Gasteiger partial charge is 0.337 e. The van der Waals surface area contributed by atoms with Crippen LogP contribution >= 0.6 is 0 Å². The molecule has 1 fully saturated rings. The van der Waals surface area contributed by atoms with Gasteiger partial charge in [-0.05, 0) is 18.2 Å². The van der Waals surface area contributed by atoms with E-state index in [2.05, 4.69) is 25.1 Å². The molecule has 0 radical (unpaired) electrons. The van der Waals surface area contributed by atoms with Gasteiger partial charge in [0.2, 0.25) is 17.5 Å². The highest BCUT2D eigenvalue weighted by Crippen LogP contribution is 2.41. The summed E-state index contributed by atoms with van der Waals surface area (Å²) in [6, 6.07) is 5.28. The van der Waals surface area contributed by atoms with Crippen molar-refractivity contribution in [1.29, 1.82) is 0 Å². The summed E-state index contributed by atoms with van der Waals surface area (Å²) in [5, 5.41) is 3.74. The van der Waals surface area contributed by atoms with E-state index in [1.165, 1.54) is 24.7 Å². The molecule has 0 N–H and O–H groups in total. The molecule has 8 nitrogen and oxygen atoms in total. The van der Waals surface area contributed by atoms with Crippen molar-refractivity contribution in [3.05, 3.63) is 54.4 Å². The number of amides is 1. The first-order valence-corrected chi connectivity index (χ1v) is 7.74. The van der Waals surface area contributed by atoms with E-state index < -0.39 is 30.8 Å². The van der Waals surface area contributed by atoms with Crippen molar-refractivity contribution >= 4 is 5.91 Å². The standard InChI is InChI=1S/C16H12F2N6O2/c17-16(18)8-11(24(9-16)15(25)10-4-1-2-5-19-10)14-22-13(23-26-14)12-20-6-3-7-21-12/h1-7,11H,8-9H2/t11-/m0/s1. The van der Waals surface area contributed by atoms with Gasteiger partial charge in [-0.3, -0.25) is 9.78 Å².